The third kappa shape index (κ3) is 2.10. The molecule has 5 nitrogen and oxygen atoms in total. The predicted octanol–water partition coefficient (Wildman–Crippen LogP) is 2.49. The molecule has 3 rings (SSSR count). The number of likely N-dealkylation sites (N-methyl/N-ethyl adjacent to an activating group) is 1. The minimum absolute atomic E-state index is 0.0765. The average Bonchev–Trinajstić information content (AvgIpc) is 2.79. The number of aromatic carboxylic acids is 1. The van der Waals surface area contributed by atoms with E-state index in [1.165, 1.54) is 12.3 Å². The molecule has 0 aromatic carbocycles. The molecular formula is C14H12ClN3O2. The highest BCUT2D eigenvalue weighted by Gasteiger charge is 2.19. The summed E-state index contributed by atoms with van der Waals surface area (Å²) < 4.78 is 0. The maximum atomic E-state index is 10.9. The lowest BCUT2D eigenvalue weighted by Gasteiger charge is -2.11. The number of carboxylic acids is 1. The minimum Gasteiger partial charge on any atom is -0.478 e. The quantitative estimate of drug-likeness (QED) is 0.920. The largest absolute Gasteiger partial charge is 0.478 e. The van der Waals surface area contributed by atoms with E-state index in [1.54, 1.807) is 6.20 Å². The van der Waals surface area contributed by atoms with Gasteiger partial charge in [-0.2, -0.15) is 0 Å². The fourth-order valence-corrected chi connectivity index (χ4v) is 2.60. The van der Waals surface area contributed by atoms with Crippen molar-refractivity contribution in [2.45, 2.75) is 6.42 Å². The fraction of sp³-hybridized carbons (Fsp3) is 0.214. The van der Waals surface area contributed by atoms with Gasteiger partial charge < -0.3 is 10.0 Å². The normalized spacial score (nSPS) is 13.4. The van der Waals surface area contributed by atoms with E-state index in [2.05, 4.69) is 14.9 Å². The Morgan fingerprint density at radius 1 is 1.35 bits per heavy atom. The summed E-state index contributed by atoms with van der Waals surface area (Å²) >= 11 is 6.12. The summed E-state index contributed by atoms with van der Waals surface area (Å²) in [5.41, 5.74) is 2.60. The molecule has 0 aliphatic carbocycles. The van der Waals surface area contributed by atoms with Crippen molar-refractivity contribution in [1.82, 2.24) is 9.97 Å². The molecular weight excluding hydrogens is 278 g/mol. The highest BCUT2D eigenvalue weighted by molar-refractivity contribution is 6.33. The average molecular weight is 290 g/mol. The Labute approximate surface area is 120 Å². The van der Waals surface area contributed by atoms with Crippen LogP contribution in [0.4, 0.5) is 5.82 Å². The van der Waals surface area contributed by atoms with Crippen LogP contribution in [0.5, 0.6) is 0 Å². The molecule has 1 aliphatic heterocycles. The van der Waals surface area contributed by atoms with E-state index in [0.717, 1.165) is 29.9 Å². The SMILES string of the molecule is CN1CCc2cc(-c3ncc(C(=O)O)cc3Cl)cnc21. The zero-order valence-electron chi connectivity index (χ0n) is 10.8. The van der Waals surface area contributed by atoms with E-state index in [-0.39, 0.29) is 5.56 Å². The Balaban J connectivity index is 2.04. The molecule has 1 aliphatic rings. The first-order valence-electron chi connectivity index (χ1n) is 6.15. The van der Waals surface area contributed by atoms with Crippen molar-refractivity contribution < 1.29 is 9.90 Å². The van der Waals surface area contributed by atoms with Gasteiger partial charge in [0.15, 0.2) is 0 Å². The molecule has 20 heavy (non-hydrogen) atoms. The first-order chi connectivity index (χ1) is 9.56. The number of carbonyl (C=O) groups is 1. The Morgan fingerprint density at radius 2 is 2.15 bits per heavy atom. The minimum atomic E-state index is -1.04. The van der Waals surface area contributed by atoms with E-state index < -0.39 is 5.97 Å². The monoisotopic (exact) mass is 289 g/mol. The number of rotatable bonds is 2. The van der Waals surface area contributed by atoms with E-state index in [9.17, 15) is 4.79 Å². The van der Waals surface area contributed by atoms with Crippen LogP contribution in [-0.2, 0) is 6.42 Å². The molecule has 0 atom stereocenters. The first kappa shape index (κ1) is 12.9. The first-order valence-corrected chi connectivity index (χ1v) is 6.53. The number of anilines is 1. The second-order valence-electron chi connectivity index (χ2n) is 4.74. The standard InChI is InChI=1S/C14H12ClN3O2/c1-18-3-2-8-4-9(6-17-13(8)18)12-11(15)5-10(7-16-12)14(19)20/h4-7H,2-3H2,1H3,(H,19,20). The number of hydrogen-bond acceptors (Lipinski definition) is 4. The Morgan fingerprint density at radius 3 is 2.85 bits per heavy atom. The van der Waals surface area contributed by atoms with Crippen LogP contribution < -0.4 is 4.90 Å². The van der Waals surface area contributed by atoms with Gasteiger partial charge in [-0.15, -0.1) is 0 Å². The van der Waals surface area contributed by atoms with Gasteiger partial charge in [0.1, 0.15) is 5.82 Å². The third-order valence-corrected chi connectivity index (χ3v) is 3.67. The molecule has 6 heteroatoms. The highest BCUT2D eigenvalue weighted by atomic mass is 35.5. The third-order valence-electron chi connectivity index (χ3n) is 3.38. The summed E-state index contributed by atoms with van der Waals surface area (Å²) in [6.45, 7) is 0.949. The molecule has 0 fully saturated rings. The van der Waals surface area contributed by atoms with Crippen molar-refractivity contribution in [3.63, 3.8) is 0 Å². The van der Waals surface area contributed by atoms with Crippen LogP contribution in [-0.4, -0.2) is 34.6 Å². The molecule has 1 N–H and O–H groups in total. The summed E-state index contributed by atoms with van der Waals surface area (Å²) in [4.78, 5) is 21.5. The van der Waals surface area contributed by atoms with E-state index in [0.29, 0.717) is 10.7 Å². The zero-order valence-corrected chi connectivity index (χ0v) is 11.6. The lowest BCUT2D eigenvalue weighted by molar-refractivity contribution is 0.0696. The second kappa shape index (κ2) is 4.76. The Kier molecular flexibility index (Phi) is 3.06. The molecule has 0 saturated heterocycles. The van der Waals surface area contributed by atoms with Gasteiger partial charge in [-0.3, -0.25) is 4.98 Å². The summed E-state index contributed by atoms with van der Waals surface area (Å²) in [5.74, 6) is -0.0633. The van der Waals surface area contributed by atoms with Crippen molar-refractivity contribution in [3.05, 3.63) is 40.7 Å². The van der Waals surface area contributed by atoms with Gasteiger partial charge in [0.05, 0.1) is 16.3 Å². The van der Waals surface area contributed by atoms with Gasteiger partial charge in [0.2, 0.25) is 0 Å². The number of halogens is 1. The molecule has 0 radical (unpaired) electrons. The Bertz CT molecular complexity index is 703. The van der Waals surface area contributed by atoms with Gasteiger partial charge in [0.25, 0.3) is 0 Å². The smallest absolute Gasteiger partial charge is 0.337 e. The van der Waals surface area contributed by atoms with Crippen molar-refractivity contribution in [1.29, 1.82) is 0 Å². The van der Waals surface area contributed by atoms with E-state index in [1.807, 2.05) is 13.1 Å². The maximum Gasteiger partial charge on any atom is 0.337 e. The van der Waals surface area contributed by atoms with Crippen LogP contribution in [0, 0.1) is 0 Å². The van der Waals surface area contributed by atoms with Gasteiger partial charge in [-0.05, 0) is 24.1 Å². The summed E-state index contributed by atoms with van der Waals surface area (Å²) in [6.07, 6.45) is 3.97. The molecule has 3 heterocycles. The molecule has 0 amide bonds. The molecule has 0 bridgehead atoms. The number of carboxylic acid groups (broad SMARTS) is 1. The number of pyridine rings is 2. The van der Waals surface area contributed by atoms with Crippen LogP contribution in [0.25, 0.3) is 11.3 Å². The summed E-state index contributed by atoms with van der Waals surface area (Å²) in [5, 5.41) is 9.23. The number of nitrogens with zero attached hydrogens (tertiary/aromatic N) is 3. The second-order valence-corrected chi connectivity index (χ2v) is 5.15. The summed E-state index contributed by atoms with van der Waals surface area (Å²) in [7, 11) is 2.01. The van der Waals surface area contributed by atoms with Crippen LogP contribution in [0.2, 0.25) is 5.02 Å². The van der Waals surface area contributed by atoms with Crippen molar-refractivity contribution in [2.24, 2.45) is 0 Å². The lowest BCUT2D eigenvalue weighted by Crippen LogP contribution is -2.13. The molecule has 0 unspecified atom stereocenters. The van der Waals surface area contributed by atoms with Gasteiger partial charge in [0, 0.05) is 31.5 Å². The van der Waals surface area contributed by atoms with Crippen LogP contribution >= 0.6 is 11.6 Å². The predicted molar refractivity (Wildman–Crippen MR) is 76.4 cm³/mol. The lowest BCUT2D eigenvalue weighted by atomic mass is 10.1. The molecule has 0 saturated carbocycles. The molecule has 2 aromatic rings. The molecule has 102 valence electrons. The number of fused-ring (bicyclic) bond motifs is 1. The fourth-order valence-electron chi connectivity index (χ4n) is 2.32. The van der Waals surface area contributed by atoms with Crippen LogP contribution in [0.1, 0.15) is 15.9 Å². The van der Waals surface area contributed by atoms with Crippen LogP contribution in [0.15, 0.2) is 24.5 Å². The zero-order chi connectivity index (χ0) is 14.3. The number of aromatic nitrogens is 2. The van der Waals surface area contributed by atoms with Gasteiger partial charge in [-0.1, -0.05) is 11.6 Å². The summed E-state index contributed by atoms with van der Waals surface area (Å²) in [6, 6.07) is 3.42. The van der Waals surface area contributed by atoms with E-state index >= 15 is 0 Å². The van der Waals surface area contributed by atoms with Crippen molar-refractivity contribution in [2.75, 3.05) is 18.5 Å². The molecule has 2 aromatic heterocycles. The van der Waals surface area contributed by atoms with Crippen molar-refractivity contribution in [3.8, 4) is 11.3 Å². The topological polar surface area (TPSA) is 66.3 Å². The number of hydrogen-bond donors (Lipinski definition) is 1. The Hall–Kier alpha value is -2.14. The molecule has 0 spiro atoms. The maximum absolute atomic E-state index is 10.9. The van der Waals surface area contributed by atoms with E-state index in [4.69, 9.17) is 16.7 Å². The van der Waals surface area contributed by atoms with Crippen LogP contribution in [0.3, 0.4) is 0 Å². The van der Waals surface area contributed by atoms with Gasteiger partial charge >= 0.3 is 5.97 Å². The van der Waals surface area contributed by atoms with Gasteiger partial charge in [-0.25, -0.2) is 9.78 Å². The highest BCUT2D eigenvalue weighted by Crippen LogP contribution is 2.31. The van der Waals surface area contributed by atoms with Crippen molar-refractivity contribution >= 4 is 23.4 Å².